The van der Waals surface area contributed by atoms with E-state index in [9.17, 15) is 13.2 Å². The number of nitrogens with zero attached hydrogens (tertiary/aromatic N) is 1. The van der Waals surface area contributed by atoms with Crippen molar-refractivity contribution in [1.29, 1.82) is 0 Å². The van der Waals surface area contributed by atoms with Crippen molar-refractivity contribution in [2.24, 2.45) is 11.7 Å². The van der Waals surface area contributed by atoms with Crippen molar-refractivity contribution < 1.29 is 13.2 Å². The molecule has 0 fully saturated rings. The van der Waals surface area contributed by atoms with Crippen molar-refractivity contribution in [3.63, 3.8) is 0 Å². The van der Waals surface area contributed by atoms with Crippen LogP contribution in [0, 0.1) is 5.92 Å². The highest BCUT2D eigenvalue weighted by Crippen LogP contribution is 2.00. The molecule has 0 aliphatic rings. The summed E-state index contributed by atoms with van der Waals surface area (Å²) in [6, 6.07) is 0. The molecule has 1 atom stereocenters. The first-order valence-electron chi connectivity index (χ1n) is 4.34. The fourth-order valence-corrected chi connectivity index (χ4v) is 1.68. The number of carbonyl (C=O) groups is 1. The van der Waals surface area contributed by atoms with Gasteiger partial charge in [0.1, 0.15) is 5.75 Å². The van der Waals surface area contributed by atoms with Gasteiger partial charge in [-0.25, -0.2) is 8.42 Å². The van der Waals surface area contributed by atoms with Gasteiger partial charge in [-0.2, -0.15) is 0 Å². The lowest BCUT2D eigenvalue weighted by Gasteiger charge is -2.20. The van der Waals surface area contributed by atoms with Crippen LogP contribution in [-0.2, 0) is 14.6 Å². The predicted octanol–water partition coefficient (Wildman–Crippen LogP) is -0.588. The summed E-state index contributed by atoms with van der Waals surface area (Å²) in [6.07, 6.45) is 1.02. The van der Waals surface area contributed by atoms with Gasteiger partial charge in [0.05, 0.1) is 4.99 Å². The monoisotopic (exact) mass is 252 g/mol. The van der Waals surface area contributed by atoms with Crippen molar-refractivity contribution in [2.75, 3.05) is 25.6 Å². The van der Waals surface area contributed by atoms with E-state index in [0.29, 0.717) is 11.5 Å². The molecule has 5 nitrogen and oxygen atoms in total. The lowest BCUT2D eigenvalue weighted by atomic mass is 10.2. The average Bonchev–Trinajstić information content (AvgIpc) is 2.00. The van der Waals surface area contributed by atoms with Crippen LogP contribution in [0.15, 0.2) is 0 Å². The maximum absolute atomic E-state index is 11.4. The van der Waals surface area contributed by atoms with Crippen LogP contribution in [0.3, 0.4) is 0 Å². The van der Waals surface area contributed by atoms with Gasteiger partial charge in [-0.1, -0.05) is 19.1 Å². The topological polar surface area (TPSA) is 80.5 Å². The van der Waals surface area contributed by atoms with Crippen LogP contribution in [0.5, 0.6) is 0 Å². The zero-order valence-electron chi connectivity index (χ0n) is 9.06. The molecule has 0 aromatic carbocycles. The Labute approximate surface area is 95.5 Å². The Balaban J connectivity index is 4.29. The molecule has 0 saturated heterocycles. The second-order valence-electron chi connectivity index (χ2n) is 3.65. The van der Waals surface area contributed by atoms with E-state index in [1.807, 2.05) is 0 Å². The molecule has 7 heteroatoms. The highest BCUT2D eigenvalue weighted by molar-refractivity contribution is 7.91. The van der Waals surface area contributed by atoms with E-state index in [2.05, 4.69) is 0 Å². The van der Waals surface area contributed by atoms with E-state index in [-0.39, 0.29) is 5.92 Å². The molecule has 0 aliphatic heterocycles. The molecule has 0 aromatic rings. The number of amides is 1. The van der Waals surface area contributed by atoms with E-state index < -0.39 is 21.5 Å². The second kappa shape index (κ2) is 5.41. The third-order valence-electron chi connectivity index (χ3n) is 1.84. The number of hydrogen-bond acceptors (Lipinski definition) is 4. The average molecular weight is 252 g/mol. The van der Waals surface area contributed by atoms with Gasteiger partial charge in [0, 0.05) is 25.8 Å². The largest absolute Gasteiger partial charge is 0.393 e. The normalized spacial score (nSPS) is 13.3. The molecule has 0 aromatic heterocycles. The smallest absolute Gasteiger partial charge is 0.237 e. The molecule has 0 aliphatic carbocycles. The molecule has 1 amide bonds. The Bertz CT molecular complexity index is 351. The van der Waals surface area contributed by atoms with Crippen LogP contribution >= 0.6 is 12.2 Å². The van der Waals surface area contributed by atoms with Gasteiger partial charge in [-0.3, -0.25) is 4.79 Å². The minimum Gasteiger partial charge on any atom is -0.393 e. The molecule has 0 rings (SSSR count). The molecule has 0 spiro atoms. The highest BCUT2D eigenvalue weighted by Gasteiger charge is 2.17. The van der Waals surface area contributed by atoms with E-state index >= 15 is 0 Å². The summed E-state index contributed by atoms with van der Waals surface area (Å²) in [5, 5.41) is 0. The van der Waals surface area contributed by atoms with Crippen molar-refractivity contribution in [1.82, 2.24) is 4.90 Å². The standard InChI is InChI=1S/C8H16N2O3S2/c1-6(8(9)14)4-10(2)7(11)5-15(3,12)13/h6H,4-5H2,1-3H3,(H2,9,14). The van der Waals surface area contributed by atoms with Gasteiger partial charge in [-0.05, 0) is 0 Å². The number of hydrogen-bond donors (Lipinski definition) is 1. The van der Waals surface area contributed by atoms with Gasteiger partial charge >= 0.3 is 0 Å². The van der Waals surface area contributed by atoms with Crippen LogP contribution in [-0.4, -0.2) is 49.8 Å². The first-order valence-corrected chi connectivity index (χ1v) is 6.81. The zero-order valence-corrected chi connectivity index (χ0v) is 10.7. The number of rotatable bonds is 5. The van der Waals surface area contributed by atoms with Crippen molar-refractivity contribution >= 4 is 33.0 Å². The third kappa shape index (κ3) is 6.40. The minimum atomic E-state index is -3.28. The van der Waals surface area contributed by atoms with Crippen LogP contribution in [0.1, 0.15) is 6.92 Å². The predicted molar refractivity (Wildman–Crippen MR) is 63.3 cm³/mol. The van der Waals surface area contributed by atoms with Crippen LogP contribution < -0.4 is 5.73 Å². The molecular formula is C8H16N2O3S2. The lowest BCUT2D eigenvalue weighted by molar-refractivity contribution is -0.127. The van der Waals surface area contributed by atoms with E-state index in [4.69, 9.17) is 18.0 Å². The lowest BCUT2D eigenvalue weighted by Crippen LogP contribution is -2.38. The molecular weight excluding hydrogens is 236 g/mol. The molecule has 1 unspecified atom stereocenters. The third-order valence-corrected chi connectivity index (χ3v) is 3.02. The minimum absolute atomic E-state index is 0.117. The highest BCUT2D eigenvalue weighted by atomic mass is 32.2. The first-order chi connectivity index (χ1) is 6.63. The molecule has 0 bridgehead atoms. The molecule has 88 valence electrons. The maximum atomic E-state index is 11.4. The van der Waals surface area contributed by atoms with Crippen molar-refractivity contribution in [3.05, 3.63) is 0 Å². The first kappa shape index (κ1) is 14.3. The SMILES string of the molecule is CC(CN(C)C(=O)CS(C)(=O)=O)C(N)=S. The van der Waals surface area contributed by atoms with Crippen LogP contribution in [0.25, 0.3) is 0 Å². The van der Waals surface area contributed by atoms with Crippen molar-refractivity contribution in [2.45, 2.75) is 6.92 Å². The molecule has 2 N–H and O–H groups in total. The molecule has 0 heterocycles. The maximum Gasteiger partial charge on any atom is 0.237 e. The summed E-state index contributed by atoms with van der Waals surface area (Å²) in [4.78, 5) is 13.0. The number of sulfone groups is 1. The fourth-order valence-electron chi connectivity index (χ4n) is 0.937. The van der Waals surface area contributed by atoms with Crippen LogP contribution in [0.2, 0.25) is 0 Å². The Morgan fingerprint density at radius 1 is 1.53 bits per heavy atom. The summed E-state index contributed by atoms with van der Waals surface area (Å²) < 4.78 is 21.7. The number of carbonyl (C=O) groups excluding carboxylic acids is 1. The molecule has 15 heavy (non-hydrogen) atoms. The Morgan fingerprint density at radius 2 is 2.00 bits per heavy atom. The summed E-state index contributed by atoms with van der Waals surface area (Å²) in [6.45, 7) is 2.12. The van der Waals surface area contributed by atoms with E-state index in [0.717, 1.165) is 6.26 Å². The second-order valence-corrected chi connectivity index (χ2v) is 6.26. The number of nitrogens with two attached hydrogens (primary N) is 1. The van der Waals surface area contributed by atoms with Gasteiger partial charge in [0.2, 0.25) is 5.91 Å². The van der Waals surface area contributed by atoms with Crippen molar-refractivity contribution in [3.8, 4) is 0 Å². The Kier molecular flexibility index (Phi) is 5.16. The number of thiocarbonyl (C=S) groups is 1. The summed E-state index contributed by atoms with van der Waals surface area (Å²) in [7, 11) is -1.75. The quantitative estimate of drug-likeness (QED) is 0.662. The van der Waals surface area contributed by atoms with Gasteiger partial charge in [0.15, 0.2) is 9.84 Å². The summed E-state index contributed by atoms with van der Waals surface area (Å²) in [5.74, 6) is -1.04. The van der Waals surface area contributed by atoms with Gasteiger partial charge in [0.25, 0.3) is 0 Å². The molecule has 0 radical (unpaired) electrons. The summed E-state index contributed by atoms with van der Waals surface area (Å²) >= 11 is 4.75. The van der Waals surface area contributed by atoms with Gasteiger partial charge < -0.3 is 10.6 Å². The van der Waals surface area contributed by atoms with E-state index in [1.54, 1.807) is 6.92 Å². The fraction of sp³-hybridized carbons (Fsp3) is 0.750. The van der Waals surface area contributed by atoms with E-state index in [1.165, 1.54) is 11.9 Å². The summed E-state index contributed by atoms with van der Waals surface area (Å²) in [5.41, 5.74) is 5.39. The van der Waals surface area contributed by atoms with Gasteiger partial charge in [-0.15, -0.1) is 0 Å². The molecule has 0 saturated carbocycles. The Hall–Kier alpha value is -0.690. The Morgan fingerprint density at radius 3 is 2.33 bits per heavy atom. The zero-order chi connectivity index (χ0) is 12.2. The van der Waals surface area contributed by atoms with Crippen LogP contribution in [0.4, 0.5) is 0 Å².